The SMILES string of the molecule is CC(CN1CCc2cc(N)ccc21)NS(=O)[O-]. The Morgan fingerprint density at radius 2 is 2.41 bits per heavy atom. The zero-order valence-electron chi connectivity index (χ0n) is 9.68. The van der Waals surface area contributed by atoms with Crippen molar-refractivity contribution in [3.63, 3.8) is 0 Å². The molecule has 17 heavy (non-hydrogen) atoms. The Hall–Kier alpha value is -1.11. The average molecular weight is 254 g/mol. The van der Waals surface area contributed by atoms with Crippen LogP contribution in [0.15, 0.2) is 18.2 Å². The van der Waals surface area contributed by atoms with Crippen molar-refractivity contribution in [2.24, 2.45) is 0 Å². The number of anilines is 2. The van der Waals surface area contributed by atoms with Crippen molar-refractivity contribution in [3.8, 4) is 0 Å². The molecule has 2 unspecified atom stereocenters. The average Bonchev–Trinajstić information content (AvgIpc) is 2.59. The van der Waals surface area contributed by atoms with Gasteiger partial charge in [-0.2, -0.15) is 0 Å². The van der Waals surface area contributed by atoms with E-state index in [-0.39, 0.29) is 6.04 Å². The monoisotopic (exact) mass is 254 g/mol. The zero-order chi connectivity index (χ0) is 12.4. The van der Waals surface area contributed by atoms with Gasteiger partial charge in [0, 0.05) is 41.8 Å². The zero-order valence-corrected chi connectivity index (χ0v) is 10.5. The summed E-state index contributed by atoms with van der Waals surface area (Å²) in [4.78, 5) is 2.18. The van der Waals surface area contributed by atoms with Gasteiger partial charge in [0.25, 0.3) is 0 Å². The molecule has 3 N–H and O–H groups in total. The fourth-order valence-electron chi connectivity index (χ4n) is 2.21. The number of nitrogens with zero attached hydrogens (tertiary/aromatic N) is 1. The van der Waals surface area contributed by atoms with E-state index in [2.05, 4.69) is 9.62 Å². The van der Waals surface area contributed by atoms with Gasteiger partial charge in [-0.05, 0) is 37.1 Å². The van der Waals surface area contributed by atoms with Gasteiger partial charge >= 0.3 is 0 Å². The van der Waals surface area contributed by atoms with Gasteiger partial charge in [-0.1, -0.05) is 0 Å². The van der Waals surface area contributed by atoms with Crippen LogP contribution in [0.2, 0.25) is 0 Å². The van der Waals surface area contributed by atoms with Crippen molar-refractivity contribution in [2.75, 3.05) is 23.7 Å². The second-order valence-electron chi connectivity index (χ2n) is 4.34. The minimum atomic E-state index is -2.20. The highest BCUT2D eigenvalue weighted by molar-refractivity contribution is 7.77. The lowest BCUT2D eigenvalue weighted by Crippen LogP contribution is -2.39. The molecule has 6 heteroatoms. The van der Waals surface area contributed by atoms with E-state index in [9.17, 15) is 8.76 Å². The van der Waals surface area contributed by atoms with E-state index in [0.717, 1.165) is 24.3 Å². The van der Waals surface area contributed by atoms with Crippen LogP contribution in [0.3, 0.4) is 0 Å². The van der Waals surface area contributed by atoms with E-state index >= 15 is 0 Å². The molecule has 1 aromatic carbocycles. The van der Waals surface area contributed by atoms with Gasteiger partial charge < -0.3 is 15.2 Å². The van der Waals surface area contributed by atoms with Crippen molar-refractivity contribution in [1.29, 1.82) is 0 Å². The van der Waals surface area contributed by atoms with Gasteiger partial charge in [-0.25, -0.2) is 4.72 Å². The lowest BCUT2D eigenvalue weighted by Gasteiger charge is -2.25. The molecule has 1 aromatic rings. The standard InChI is InChI=1S/C11H17N3O2S/c1-8(13-17(15)16)7-14-5-4-9-6-10(12)2-3-11(9)14/h2-3,6,8,13H,4-5,7,12H2,1H3,(H,15,16)/p-1. The molecule has 0 fully saturated rings. The lowest BCUT2D eigenvalue weighted by atomic mass is 10.1. The van der Waals surface area contributed by atoms with Crippen molar-refractivity contribution in [1.82, 2.24) is 4.72 Å². The summed E-state index contributed by atoms with van der Waals surface area (Å²) < 4.78 is 23.5. The smallest absolute Gasteiger partial charge is 0.0401 e. The summed E-state index contributed by atoms with van der Waals surface area (Å²) in [6.07, 6.45) is 0.966. The summed E-state index contributed by atoms with van der Waals surface area (Å²) in [6.45, 7) is 3.44. The van der Waals surface area contributed by atoms with Gasteiger partial charge in [-0.3, -0.25) is 4.21 Å². The van der Waals surface area contributed by atoms with Crippen LogP contribution in [0, 0.1) is 0 Å². The Balaban J connectivity index is 2.04. The molecule has 0 aromatic heterocycles. The first-order valence-electron chi connectivity index (χ1n) is 5.55. The quantitative estimate of drug-likeness (QED) is 0.602. The Bertz CT molecular complexity index is 439. The largest absolute Gasteiger partial charge is 0.760 e. The highest BCUT2D eigenvalue weighted by atomic mass is 32.2. The summed E-state index contributed by atoms with van der Waals surface area (Å²) in [7, 11) is 0. The van der Waals surface area contributed by atoms with Crippen LogP contribution in [0.1, 0.15) is 12.5 Å². The molecular formula is C11H16N3O2S-. The van der Waals surface area contributed by atoms with Crippen molar-refractivity contribution in [2.45, 2.75) is 19.4 Å². The normalized spacial score (nSPS) is 17.9. The van der Waals surface area contributed by atoms with Gasteiger partial charge in [0.15, 0.2) is 0 Å². The topological polar surface area (TPSA) is 81.4 Å². The predicted octanol–water partition coefficient (Wildman–Crippen LogP) is 0.404. The Kier molecular flexibility index (Phi) is 3.66. The Labute approximate surface area is 103 Å². The first kappa shape index (κ1) is 12.3. The van der Waals surface area contributed by atoms with E-state index in [1.165, 1.54) is 5.56 Å². The third-order valence-corrected chi connectivity index (χ3v) is 3.48. The fourth-order valence-corrected chi connectivity index (χ4v) is 2.61. The van der Waals surface area contributed by atoms with Gasteiger partial charge in [0.2, 0.25) is 0 Å². The molecule has 5 nitrogen and oxygen atoms in total. The van der Waals surface area contributed by atoms with Crippen molar-refractivity contribution < 1.29 is 8.76 Å². The van der Waals surface area contributed by atoms with Crippen molar-refractivity contribution in [3.05, 3.63) is 23.8 Å². The molecule has 0 radical (unpaired) electrons. The highest BCUT2D eigenvalue weighted by Gasteiger charge is 2.20. The first-order chi connectivity index (χ1) is 8.06. The van der Waals surface area contributed by atoms with Crippen LogP contribution >= 0.6 is 0 Å². The molecular weight excluding hydrogens is 238 g/mol. The molecule has 2 rings (SSSR count). The number of hydrogen-bond donors (Lipinski definition) is 2. The number of nitrogen functional groups attached to an aromatic ring is 1. The maximum atomic E-state index is 10.5. The predicted molar refractivity (Wildman–Crippen MR) is 68.3 cm³/mol. The summed E-state index contributed by atoms with van der Waals surface area (Å²) in [6, 6.07) is 5.76. The third kappa shape index (κ3) is 2.96. The number of hydrogen-bond acceptors (Lipinski definition) is 4. The molecule has 2 atom stereocenters. The Morgan fingerprint density at radius 3 is 3.12 bits per heavy atom. The minimum absolute atomic E-state index is 0.100. The molecule has 0 saturated heterocycles. The molecule has 0 aliphatic carbocycles. The molecule has 0 saturated carbocycles. The van der Waals surface area contributed by atoms with Gasteiger partial charge in [0.1, 0.15) is 0 Å². The summed E-state index contributed by atoms with van der Waals surface area (Å²) in [5, 5.41) is 0. The number of fused-ring (bicyclic) bond motifs is 1. The molecule has 1 heterocycles. The van der Waals surface area contributed by atoms with Crippen LogP contribution in [0.5, 0.6) is 0 Å². The van der Waals surface area contributed by atoms with Crippen molar-refractivity contribution >= 4 is 22.6 Å². The molecule has 0 bridgehead atoms. The number of nitrogens with one attached hydrogen (secondary N) is 1. The third-order valence-electron chi connectivity index (χ3n) is 2.89. The summed E-state index contributed by atoms with van der Waals surface area (Å²) >= 11 is -2.20. The van der Waals surface area contributed by atoms with Gasteiger partial charge in [0.05, 0.1) is 0 Å². The molecule has 1 aliphatic heterocycles. The molecule has 1 aliphatic rings. The summed E-state index contributed by atoms with van der Waals surface area (Å²) in [5.41, 5.74) is 8.90. The van der Waals surface area contributed by atoms with E-state index in [4.69, 9.17) is 5.73 Å². The van der Waals surface area contributed by atoms with E-state index in [1.807, 2.05) is 25.1 Å². The van der Waals surface area contributed by atoms with Gasteiger partial charge in [-0.15, -0.1) is 0 Å². The maximum absolute atomic E-state index is 10.5. The first-order valence-corrected chi connectivity index (χ1v) is 6.62. The number of benzene rings is 1. The maximum Gasteiger partial charge on any atom is 0.0401 e. The minimum Gasteiger partial charge on any atom is -0.760 e. The second-order valence-corrected chi connectivity index (χ2v) is 5.04. The lowest BCUT2D eigenvalue weighted by molar-refractivity contribution is 0.507. The second kappa shape index (κ2) is 5.03. The molecule has 0 spiro atoms. The van der Waals surface area contributed by atoms with Crippen LogP contribution in [0.4, 0.5) is 11.4 Å². The number of nitrogens with two attached hydrogens (primary N) is 1. The van der Waals surface area contributed by atoms with Crippen LogP contribution in [-0.4, -0.2) is 27.9 Å². The van der Waals surface area contributed by atoms with Crippen LogP contribution < -0.4 is 15.4 Å². The van der Waals surface area contributed by atoms with E-state index in [1.54, 1.807) is 0 Å². The van der Waals surface area contributed by atoms with E-state index < -0.39 is 11.3 Å². The van der Waals surface area contributed by atoms with Crippen LogP contribution in [-0.2, 0) is 17.7 Å². The number of rotatable bonds is 4. The van der Waals surface area contributed by atoms with Crippen LogP contribution in [0.25, 0.3) is 0 Å². The molecule has 94 valence electrons. The molecule has 0 amide bonds. The van der Waals surface area contributed by atoms with E-state index in [0.29, 0.717) is 6.54 Å². The highest BCUT2D eigenvalue weighted by Crippen LogP contribution is 2.29. The summed E-state index contributed by atoms with van der Waals surface area (Å²) in [5.74, 6) is 0. The fraction of sp³-hybridized carbons (Fsp3) is 0.455. The Morgan fingerprint density at radius 1 is 1.65 bits per heavy atom.